The lowest BCUT2D eigenvalue weighted by Gasteiger charge is -2.09. The minimum Gasteiger partial charge on any atom is -0.493 e. The zero-order chi connectivity index (χ0) is 18.0. The van der Waals surface area contributed by atoms with Crippen LogP contribution in [0.15, 0.2) is 36.4 Å². The van der Waals surface area contributed by atoms with Crippen LogP contribution in [0.3, 0.4) is 0 Å². The summed E-state index contributed by atoms with van der Waals surface area (Å²) in [7, 11) is 0. The second-order valence-corrected chi connectivity index (χ2v) is 6.23. The molecule has 1 saturated carbocycles. The summed E-state index contributed by atoms with van der Waals surface area (Å²) in [6.07, 6.45) is 5.64. The molecule has 1 fully saturated rings. The molecule has 0 bridgehead atoms. The minimum absolute atomic E-state index is 0.167. The van der Waals surface area contributed by atoms with E-state index in [2.05, 4.69) is 12.2 Å². The highest BCUT2D eigenvalue weighted by molar-refractivity contribution is 5.30. The number of rotatable bonds is 5. The third-order valence-electron chi connectivity index (χ3n) is 3.52. The third-order valence-corrected chi connectivity index (χ3v) is 3.52. The van der Waals surface area contributed by atoms with Gasteiger partial charge in [0.05, 0.1) is 12.2 Å². The molecule has 1 aromatic rings. The van der Waals surface area contributed by atoms with Gasteiger partial charge in [-0.2, -0.15) is 13.2 Å². The number of ether oxygens (including phenoxy) is 1. The van der Waals surface area contributed by atoms with E-state index < -0.39 is 11.7 Å². The molecule has 0 aromatic heterocycles. The van der Waals surface area contributed by atoms with Crippen LogP contribution in [0.2, 0.25) is 0 Å². The van der Waals surface area contributed by atoms with Gasteiger partial charge >= 0.3 is 6.18 Å². The number of allylic oxidation sites excluding steroid dienone is 1. The number of hydrogen-bond donors (Lipinski definition) is 1. The van der Waals surface area contributed by atoms with Gasteiger partial charge in [-0.05, 0) is 57.2 Å². The van der Waals surface area contributed by atoms with Crippen LogP contribution in [-0.2, 0) is 6.18 Å². The predicted molar refractivity (Wildman–Crippen MR) is 90.0 cm³/mol. The second-order valence-electron chi connectivity index (χ2n) is 6.23. The van der Waals surface area contributed by atoms with Crippen LogP contribution in [0.4, 0.5) is 13.2 Å². The standard InChI is InChI=1S/C16H19F3O.C3H8O/c17-16(18,19)14-9-5-10-15(12-14)20-11-4-3-8-13-6-1-2-7-13;1-3(2)4/h3,5,8-10,12-13H,1-2,4,6-7,11H2;3-4H,1-2H3/b8-3+;. The van der Waals surface area contributed by atoms with Gasteiger partial charge in [0.25, 0.3) is 0 Å². The zero-order valence-corrected chi connectivity index (χ0v) is 14.4. The molecule has 0 saturated heterocycles. The fourth-order valence-electron chi connectivity index (χ4n) is 2.45. The van der Waals surface area contributed by atoms with Crippen molar-refractivity contribution in [1.29, 1.82) is 0 Å². The monoisotopic (exact) mass is 344 g/mol. The minimum atomic E-state index is -4.32. The average molecular weight is 344 g/mol. The summed E-state index contributed by atoms with van der Waals surface area (Å²) in [4.78, 5) is 0. The molecule has 1 aromatic carbocycles. The number of hydrogen-bond acceptors (Lipinski definition) is 2. The Hall–Kier alpha value is -1.49. The van der Waals surface area contributed by atoms with E-state index >= 15 is 0 Å². The average Bonchev–Trinajstić information content (AvgIpc) is 2.99. The van der Waals surface area contributed by atoms with Crippen molar-refractivity contribution in [2.24, 2.45) is 5.92 Å². The Labute approximate surface area is 142 Å². The van der Waals surface area contributed by atoms with Gasteiger partial charge in [-0.1, -0.05) is 31.1 Å². The van der Waals surface area contributed by atoms with Crippen molar-refractivity contribution in [2.75, 3.05) is 6.61 Å². The number of aliphatic hydroxyl groups is 1. The van der Waals surface area contributed by atoms with Gasteiger partial charge in [0, 0.05) is 6.10 Å². The topological polar surface area (TPSA) is 29.5 Å². The predicted octanol–water partition coefficient (Wildman–Crippen LogP) is 5.61. The van der Waals surface area contributed by atoms with E-state index in [-0.39, 0.29) is 11.9 Å². The first-order valence-electron chi connectivity index (χ1n) is 8.44. The molecule has 0 atom stereocenters. The first-order valence-corrected chi connectivity index (χ1v) is 8.44. The van der Waals surface area contributed by atoms with E-state index in [1.807, 2.05) is 0 Å². The molecule has 0 heterocycles. The molecule has 2 nitrogen and oxygen atoms in total. The quantitative estimate of drug-likeness (QED) is 0.556. The Morgan fingerprint density at radius 2 is 1.88 bits per heavy atom. The number of alkyl halides is 3. The summed E-state index contributed by atoms with van der Waals surface area (Å²) in [5, 5.41) is 8.06. The lowest BCUT2D eigenvalue weighted by molar-refractivity contribution is -0.137. The van der Waals surface area contributed by atoms with Crippen molar-refractivity contribution < 1.29 is 23.0 Å². The fraction of sp³-hybridized carbons (Fsp3) is 0.579. The zero-order valence-electron chi connectivity index (χ0n) is 14.4. The highest BCUT2D eigenvalue weighted by Gasteiger charge is 2.30. The van der Waals surface area contributed by atoms with Gasteiger partial charge in [-0.15, -0.1) is 0 Å². The lowest BCUT2D eigenvalue weighted by atomic mass is 10.1. The molecule has 1 aliphatic rings. The Morgan fingerprint density at radius 3 is 2.46 bits per heavy atom. The number of halogens is 3. The maximum Gasteiger partial charge on any atom is 0.416 e. The highest BCUT2D eigenvalue weighted by Crippen LogP contribution is 2.31. The first-order chi connectivity index (χ1) is 11.3. The molecule has 0 radical (unpaired) electrons. The summed E-state index contributed by atoms with van der Waals surface area (Å²) in [6.45, 7) is 3.85. The molecule has 2 rings (SSSR count). The molecule has 1 aliphatic carbocycles. The first kappa shape index (κ1) is 20.6. The maximum atomic E-state index is 12.5. The summed E-state index contributed by atoms with van der Waals surface area (Å²) >= 11 is 0. The van der Waals surface area contributed by atoms with Crippen LogP contribution in [0.5, 0.6) is 5.75 Å². The maximum absolute atomic E-state index is 12.5. The molecular formula is C19H27F3O2. The Balaban J connectivity index is 0.000000648. The number of benzene rings is 1. The van der Waals surface area contributed by atoms with E-state index in [1.165, 1.54) is 31.7 Å². The van der Waals surface area contributed by atoms with Crippen LogP contribution in [-0.4, -0.2) is 17.8 Å². The van der Waals surface area contributed by atoms with Crippen molar-refractivity contribution in [3.63, 3.8) is 0 Å². The molecular weight excluding hydrogens is 317 g/mol. The third kappa shape index (κ3) is 8.96. The van der Waals surface area contributed by atoms with Crippen molar-refractivity contribution >= 4 is 0 Å². The molecule has 0 amide bonds. The largest absolute Gasteiger partial charge is 0.493 e. The summed E-state index contributed by atoms with van der Waals surface area (Å²) < 4.78 is 42.9. The molecule has 1 N–H and O–H groups in total. The van der Waals surface area contributed by atoms with Crippen LogP contribution in [0.25, 0.3) is 0 Å². The SMILES string of the molecule is CC(C)O.FC(F)(F)c1cccc(OCC/C=C/C2CCCC2)c1. The summed E-state index contributed by atoms with van der Waals surface area (Å²) in [5.74, 6) is 0.956. The van der Waals surface area contributed by atoms with Gasteiger partial charge in [0.2, 0.25) is 0 Å². The highest BCUT2D eigenvalue weighted by atomic mass is 19.4. The number of aliphatic hydroxyl groups excluding tert-OH is 1. The van der Waals surface area contributed by atoms with Gasteiger partial charge in [0.1, 0.15) is 5.75 Å². The molecule has 136 valence electrons. The molecule has 0 unspecified atom stereocenters. The molecule has 0 spiro atoms. The van der Waals surface area contributed by atoms with Gasteiger partial charge in [-0.3, -0.25) is 0 Å². The van der Waals surface area contributed by atoms with Crippen LogP contribution in [0.1, 0.15) is 51.5 Å². The van der Waals surface area contributed by atoms with E-state index in [0.717, 1.165) is 18.6 Å². The van der Waals surface area contributed by atoms with Gasteiger partial charge in [-0.25, -0.2) is 0 Å². The van der Waals surface area contributed by atoms with Crippen molar-refractivity contribution in [3.05, 3.63) is 42.0 Å². The van der Waals surface area contributed by atoms with Crippen molar-refractivity contribution in [2.45, 2.75) is 58.2 Å². The van der Waals surface area contributed by atoms with E-state index in [4.69, 9.17) is 9.84 Å². The Bertz CT molecular complexity index is 487. The normalized spacial score (nSPS) is 15.6. The fourth-order valence-corrected chi connectivity index (χ4v) is 2.45. The van der Waals surface area contributed by atoms with Gasteiger partial charge < -0.3 is 9.84 Å². The van der Waals surface area contributed by atoms with Crippen LogP contribution >= 0.6 is 0 Å². The molecule has 5 heteroatoms. The van der Waals surface area contributed by atoms with Gasteiger partial charge in [0.15, 0.2) is 0 Å². The Kier molecular flexibility index (Phi) is 8.90. The molecule has 24 heavy (non-hydrogen) atoms. The summed E-state index contributed by atoms with van der Waals surface area (Å²) in [5.41, 5.74) is -0.670. The second kappa shape index (κ2) is 10.4. The molecule has 0 aliphatic heterocycles. The van der Waals surface area contributed by atoms with E-state index in [1.54, 1.807) is 19.9 Å². The van der Waals surface area contributed by atoms with Crippen molar-refractivity contribution in [3.8, 4) is 5.75 Å². The van der Waals surface area contributed by atoms with Crippen LogP contribution < -0.4 is 4.74 Å². The lowest BCUT2D eigenvalue weighted by Crippen LogP contribution is -2.05. The Morgan fingerprint density at radius 1 is 1.25 bits per heavy atom. The van der Waals surface area contributed by atoms with E-state index in [0.29, 0.717) is 12.5 Å². The van der Waals surface area contributed by atoms with E-state index in [9.17, 15) is 13.2 Å². The van der Waals surface area contributed by atoms with Crippen LogP contribution in [0, 0.1) is 5.92 Å². The smallest absolute Gasteiger partial charge is 0.416 e. The summed E-state index contributed by atoms with van der Waals surface area (Å²) in [6, 6.07) is 5.01. The van der Waals surface area contributed by atoms with Crippen molar-refractivity contribution in [1.82, 2.24) is 0 Å².